The van der Waals surface area contributed by atoms with Crippen LogP contribution in [0.4, 0.5) is 18.9 Å². The van der Waals surface area contributed by atoms with Gasteiger partial charge in [0, 0.05) is 19.3 Å². The number of benzene rings is 2. The number of nitrogens with zero attached hydrogens (tertiary/aromatic N) is 3. The minimum Gasteiger partial charge on any atom is -0.454 e. The van der Waals surface area contributed by atoms with Gasteiger partial charge in [0.25, 0.3) is 0 Å². The molecule has 2 N–H and O–H groups in total. The van der Waals surface area contributed by atoms with E-state index in [2.05, 4.69) is 20.8 Å². The fourth-order valence-electron chi connectivity index (χ4n) is 3.04. The molecule has 0 unspecified atom stereocenters. The molecule has 0 radical (unpaired) electrons. The van der Waals surface area contributed by atoms with E-state index in [1.165, 1.54) is 17.8 Å². The van der Waals surface area contributed by atoms with E-state index >= 15 is 0 Å². The quantitative estimate of drug-likeness (QED) is 0.478. The van der Waals surface area contributed by atoms with E-state index in [1.54, 1.807) is 23.7 Å². The molecule has 2 aromatic carbocycles. The summed E-state index contributed by atoms with van der Waals surface area (Å²) in [6.45, 7) is 0.722. The molecule has 174 valence electrons. The third kappa shape index (κ3) is 5.69. The van der Waals surface area contributed by atoms with Crippen molar-refractivity contribution in [2.45, 2.75) is 24.4 Å². The number of anilines is 1. The highest BCUT2D eigenvalue weighted by Crippen LogP contribution is 2.32. The van der Waals surface area contributed by atoms with Crippen molar-refractivity contribution >= 4 is 23.4 Å². The average molecular weight is 479 g/mol. The zero-order chi connectivity index (χ0) is 23.4. The molecule has 8 nitrogen and oxygen atoms in total. The molecule has 1 amide bonds. The highest BCUT2D eigenvalue weighted by atomic mass is 32.2. The standard InChI is InChI=1S/C21H20F3N5O3S/c1-29-18(10-25-15-4-2-3-14(8-15)21(22,23)24)27-28-20(29)33-11-19(30)26-9-13-5-6-16-17(7-13)32-12-31-16/h2-8,25H,9-12H2,1H3,(H,26,30). The zero-order valence-corrected chi connectivity index (χ0v) is 18.3. The first-order valence-corrected chi connectivity index (χ1v) is 10.9. The molecule has 0 saturated heterocycles. The molecule has 4 rings (SSSR count). The Hall–Kier alpha value is -3.41. The van der Waals surface area contributed by atoms with Gasteiger partial charge in [0.1, 0.15) is 0 Å². The predicted octanol–water partition coefficient (Wildman–Crippen LogP) is 3.58. The second kappa shape index (κ2) is 9.61. The number of amides is 1. The van der Waals surface area contributed by atoms with Gasteiger partial charge in [-0.1, -0.05) is 23.9 Å². The fourth-order valence-corrected chi connectivity index (χ4v) is 3.80. The van der Waals surface area contributed by atoms with Crippen LogP contribution < -0.4 is 20.1 Å². The highest BCUT2D eigenvalue weighted by Gasteiger charge is 2.30. The van der Waals surface area contributed by atoms with E-state index in [1.807, 2.05) is 12.1 Å². The monoisotopic (exact) mass is 479 g/mol. The van der Waals surface area contributed by atoms with E-state index in [4.69, 9.17) is 9.47 Å². The predicted molar refractivity (Wildman–Crippen MR) is 115 cm³/mol. The molecule has 0 aliphatic carbocycles. The van der Waals surface area contributed by atoms with Crippen LogP contribution in [-0.2, 0) is 31.1 Å². The molecule has 2 heterocycles. The lowest BCUT2D eigenvalue weighted by Gasteiger charge is -2.10. The van der Waals surface area contributed by atoms with Crippen LogP contribution in [0.1, 0.15) is 17.0 Å². The number of thioether (sulfide) groups is 1. The Kier molecular flexibility index (Phi) is 6.63. The van der Waals surface area contributed by atoms with Crippen molar-refractivity contribution in [3.05, 3.63) is 59.4 Å². The van der Waals surface area contributed by atoms with Gasteiger partial charge in [-0.2, -0.15) is 13.2 Å². The number of alkyl halides is 3. The van der Waals surface area contributed by atoms with Crippen molar-refractivity contribution in [1.29, 1.82) is 0 Å². The van der Waals surface area contributed by atoms with Gasteiger partial charge in [-0.15, -0.1) is 10.2 Å². The van der Waals surface area contributed by atoms with E-state index in [9.17, 15) is 18.0 Å². The van der Waals surface area contributed by atoms with Gasteiger partial charge in [-0.3, -0.25) is 4.79 Å². The molecule has 0 fully saturated rings. The molecule has 0 spiro atoms. The third-order valence-electron chi connectivity index (χ3n) is 4.82. The minimum absolute atomic E-state index is 0.136. The Morgan fingerprint density at radius 1 is 1.12 bits per heavy atom. The van der Waals surface area contributed by atoms with Gasteiger partial charge in [0.05, 0.1) is 17.9 Å². The lowest BCUT2D eigenvalue weighted by atomic mass is 10.2. The first-order valence-electron chi connectivity index (χ1n) is 9.87. The summed E-state index contributed by atoms with van der Waals surface area (Å²) >= 11 is 1.21. The number of ether oxygens (including phenoxy) is 2. The molecule has 0 atom stereocenters. The fraction of sp³-hybridized carbons (Fsp3) is 0.286. The lowest BCUT2D eigenvalue weighted by molar-refractivity contribution is -0.137. The normalized spacial score (nSPS) is 12.6. The molecule has 1 aromatic heterocycles. The minimum atomic E-state index is -4.41. The summed E-state index contributed by atoms with van der Waals surface area (Å²) in [6, 6.07) is 10.4. The smallest absolute Gasteiger partial charge is 0.416 e. The maximum absolute atomic E-state index is 12.9. The van der Waals surface area contributed by atoms with Crippen molar-refractivity contribution in [1.82, 2.24) is 20.1 Å². The van der Waals surface area contributed by atoms with E-state index in [0.29, 0.717) is 34.7 Å². The van der Waals surface area contributed by atoms with Crippen molar-refractivity contribution < 1.29 is 27.4 Å². The van der Waals surface area contributed by atoms with Gasteiger partial charge in [-0.25, -0.2) is 0 Å². The van der Waals surface area contributed by atoms with Crippen molar-refractivity contribution in [2.24, 2.45) is 7.05 Å². The Bertz CT molecular complexity index is 1150. The average Bonchev–Trinajstić information content (AvgIpc) is 3.40. The van der Waals surface area contributed by atoms with E-state index in [-0.39, 0.29) is 25.0 Å². The van der Waals surface area contributed by atoms with Crippen LogP contribution in [-0.4, -0.2) is 33.2 Å². The number of halogens is 3. The van der Waals surface area contributed by atoms with Gasteiger partial charge in [0.15, 0.2) is 22.5 Å². The van der Waals surface area contributed by atoms with Crippen LogP contribution in [0.25, 0.3) is 0 Å². The van der Waals surface area contributed by atoms with Crippen LogP contribution in [0.2, 0.25) is 0 Å². The highest BCUT2D eigenvalue weighted by molar-refractivity contribution is 7.99. The third-order valence-corrected chi connectivity index (χ3v) is 5.84. The van der Waals surface area contributed by atoms with Crippen molar-refractivity contribution in [3.63, 3.8) is 0 Å². The van der Waals surface area contributed by atoms with Crippen LogP contribution in [0.15, 0.2) is 47.6 Å². The van der Waals surface area contributed by atoms with E-state index in [0.717, 1.165) is 17.7 Å². The Balaban J connectivity index is 1.26. The molecular formula is C21H20F3N5O3S. The molecule has 12 heteroatoms. The maximum atomic E-state index is 12.9. The first-order chi connectivity index (χ1) is 15.8. The van der Waals surface area contributed by atoms with Crippen LogP contribution >= 0.6 is 11.8 Å². The topological polar surface area (TPSA) is 90.3 Å². The molecule has 3 aromatic rings. The Morgan fingerprint density at radius 3 is 2.76 bits per heavy atom. The number of nitrogens with one attached hydrogen (secondary N) is 2. The number of hydrogen-bond acceptors (Lipinski definition) is 7. The van der Waals surface area contributed by atoms with Crippen LogP contribution in [0.5, 0.6) is 11.5 Å². The van der Waals surface area contributed by atoms with Crippen LogP contribution in [0, 0.1) is 0 Å². The molecule has 1 aliphatic heterocycles. The summed E-state index contributed by atoms with van der Waals surface area (Å²) in [7, 11) is 1.73. The van der Waals surface area contributed by atoms with Gasteiger partial charge in [0.2, 0.25) is 12.7 Å². The molecule has 33 heavy (non-hydrogen) atoms. The number of carbonyl (C=O) groups is 1. The lowest BCUT2D eigenvalue weighted by Crippen LogP contribution is -2.24. The summed E-state index contributed by atoms with van der Waals surface area (Å²) < 4.78 is 50.8. The van der Waals surface area contributed by atoms with Gasteiger partial charge in [-0.05, 0) is 35.9 Å². The van der Waals surface area contributed by atoms with Crippen molar-refractivity contribution in [2.75, 3.05) is 17.9 Å². The second-order valence-corrected chi connectivity index (χ2v) is 8.09. The number of hydrogen-bond donors (Lipinski definition) is 2. The van der Waals surface area contributed by atoms with E-state index < -0.39 is 11.7 Å². The van der Waals surface area contributed by atoms with Gasteiger partial charge >= 0.3 is 6.18 Å². The van der Waals surface area contributed by atoms with Crippen LogP contribution in [0.3, 0.4) is 0 Å². The summed E-state index contributed by atoms with van der Waals surface area (Å²) in [5.74, 6) is 1.82. The number of rotatable bonds is 8. The summed E-state index contributed by atoms with van der Waals surface area (Å²) in [6.07, 6.45) is -4.41. The Labute approximate surface area is 191 Å². The number of carbonyl (C=O) groups excluding carboxylic acids is 1. The first kappa shape index (κ1) is 22.8. The zero-order valence-electron chi connectivity index (χ0n) is 17.5. The maximum Gasteiger partial charge on any atom is 0.416 e. The molecular weight excluding hydrogens is 459 g/mol. The Morgan fingerprint density at radius 2 is 1.94 bits per heavy atom. The number of aromatic nitrogens is 3. The molecule has 0 saturated carbocycles. The summed E-state index contributed by atoms with van der Waals surface area (Å²) in [5, 5.41) is 14.4. The largest absolute Gasteiger partial charge is 0.454 e. The molecule has 0 bridgehead atoms. The summed E-state index contributed by atoms with van der Waals surface area (Å²) in [4.78, 5) is 12.2. The molecule has 1 aliphatic rings. The number of fused-ring (bicyclic) bond motifs is 1. The van der Waals surface area contributed by atoms with Crippen molar-refractivity contribution in [3.8, 4) is 11.5 Å². The second-order valence-electron chi connectivity index (χ2n) is 7.14. The SMILES string of the molecule is Cn1c(CNc2cccc(C(F)(F)F)c2)nnc1SCC(=O)NCc1ccc2c(c1)OCO2. The summed E-state index contributed by atoms with van der Waals surface area (Å²) in [5.41, 5.74) is 0.484. The van der Waals surface area contributed by atoms with Gasteiger partial charge < -0.3 is 24.7 Å².